The Morgan fingerprint density at radius 2 is 1.86 bits per heavy atom. The Balaban J connectivity index is 1.68. The third-order valence-electron chi connectivity index (χ3n) is 7.65. The van der Waals surface area contributed by atoms with Gasteiger partial charge in [0.2, 0.25) is 11.3 Å². The first-order valence-corrected chi connectivity index (χ1v) is 11.2. The van der Waals surface area contributed by atoms with Gasteiger partial charge in [0.05, 0.1) is 17.9 Å². The molecule has 0 spiro atoms. The zero-order valence-corrected chi connectivity index (χ0v) is 19.0. The van der Waals surface area contributed by atoms with Crippen molar-refractivity contribution >= 4 is 44.9 Å². The molecule has 2 aromatic carbocycles. The number of hydrogen-bond acceptors (Lipinski definition) is 8. The van der Waals surface area contributed by atoms with Gasteiger partial charge in [-0.1, -0.05) is 0 Å². The molecule has 0 unspecified atom stereocenters. The van der Waals surface area contributed by atoms with E-state index in [1.807, 2.05) is 12.1 Å². The van der Waals surface area contributed by atoms with E-state index in [-0.39, 0.29) is 23.3 Å². The van der Waals surface area contributed by atoms with Gasteiger partial charge in [-0.2, -0.15) is 4.57 Å². The topological polar surface area (TPSA) is 171 Å². The number of carbonyl (C=O) groups excluding carboxylic acids is 3. The van der Waals surface area contributed by atoms with Gasteiger partial charge in [0.1, 0.15) is 39.7 Å². The number of methoxy groups -OCH3 is 1. The first-order chi connectivity index (χ1) is 17.1. The van der Waals surface area contributed by atoms with Crippen molar-refractivity contribution in [1.82, 2.24) is 0 Å². The summed E-state index contributed by atoms with van der Waals surface area (Å²) < 4.78 is 7.08. The summed E-state index contributed by atoms with van der Waals surface area (Å²) >= 11 is 0. The maximum atomic E-state index is 13.8. The first-order valence-electron chi connectivity index (χ1n) is 11.2. The van der Waals surface area contributed by atoms with E-state index in [1.54, 1.807) is 22.9 Å². The van der Waals surface area contributed by atoms with Crippen LogP contribution in [0.3, 0.4) is 0 Å². The molecule has 1 saturated carbocycles. The van der Waals surface area contributed by atoms with Crippen molar-refractivity contribution in [2.45, 2.75) is 24.5 Å². The molecule has 6 rings (SSSR count). The lowest BCUT2D eigenvalue weighted by molar-refractivity contribution is -0.691. The van der Waals surface area contributed by atoms with Crippen LogP contribution in [0.15, 0.2) is 53.4 Å². The van der Waals surface area contributed by atoms with Crippen molar-refractivity contribution in [3.63, 3.8) is 0 Å². The van der Waals surface area contributed by atoms with Crippen LogP contribution in [0.25, 0.3) is 27.4 Å². The van der Waals surface area contributed by atoms with Gasteiger partial charge in [0, 0.05) is 24.1 Å². The lowest BCUT2D eigenvalue weighted by Crippen LogP contribution is -2.61. The van der Waals surface area contributed by atoms with E-state index < -0.39 is 58.5 Å². The highest BCUT2D eigenvalue weighted by atomic mass is 16.5. The largest absolute Gasteiger partial charge is 0.508 e. The highest BCUT2D eigenvalue weighted by Gasteiger charge is 2.63. The smallest absolute Gasteiger partial charge is 0.255 e. The number of ketones is 2. The fourth-order valence-electron chi connectivity index (χ4n) is 5.97. The van der Waals surface area contributed by atoms with E-state index in [2.05, 4.69) is 0 Å². The second-order valence-corrected chi connectivity index (χ2v) is 9.37. The quantitative estimate of drug-likeness (QED) is 0.204. The van der Waals surface area contributed by atoms with Crippen molar-refractivity contribution in [2.75, 3.05) is 7.11 Å². The van der Waals surface area contributed by atoms with Crippen LogP contribution >= 0.6 is 0 Å². The zero-order chi connectivity index (χ0) is 25.7. The summed E-state index contributed by atoms with van der Waals surface area (Å²) in [5.74, 6) is -5.51. The normalized spacial score (nSPS) is 25.3. The SMILES string of the molecule is COc1ccc2c(c1)c[n+]1c3c(c(O)ccc23)C(O)=C2C(=O)[C@]3(O)C(O)=C(C(N)=O)C(=O)C[C@@H]3C[C@@H]21. The molecule has 0 radical (unpaired) electrons. The number of benzene rings is 2. The monoisotopic (exact) mass is 489 g/mol. The lowest BCUT2D eigenvalue weighted by Gasteiger charge is -2.43. The number of aliphatic hydroxyl groups excluding tert-OH is 2. The van der Waals surface area contributed by atoms with Crippen LogP contribution < -0.4 is 15.0 Å². The fourth-order valence-corrected chi connectivity index (χ4v) is 5.97. The summed E-state index contributed by atoms with van der Waals surface area (Å²) in [6.45, 7) is 0. The van der Waals surface area contributed by atoms with E-state index in [9.17, 15) is 34.8 Å². The number of nitrogens with two attached hydrogens (primary N) is 1. The number of ether oxygens (including phenoxy) is 1. The van der Waals surface area contributed by atoms with Gasteiger partial charge in [-0.25, -0.2) is 0 Å². The number of hydrogen-bond donors (Lipinski definition) is 5. The van der Waals surface area contributed by atoms with Crippen LogP contribution in [0.4, 0.5) is 0 Å². The molecule has 2 aliphatic carbocycles. The predicted octanol–water partition coefficient (Wildman–Crippen LogP) is 1.41. The average Bonchev–Trinajstić information content (AvgIpc) is 2.84. The van der Waals surface area contributed by atoms with E-state index in [4.69, 9.17) is 10.5 Å². The van der Waals surface area contributed by atoms with Crippen LogP contribution in [0.1, 0.15) is 24.4 Å². The maximum Gasteiger partial charge on any atom is 0.255 e. The Bertz CT molecular complexity index is 1650. The second-order valence-electron chi connectivity index (χ2n) is 9.37. The number of Topliss-reactive ketones (excluding diaryl/α,β-unsaturated/α-hetero) is 2. The summed E-state index contributed by atoms with van der Waals surface area (Å²) in [7, 11) is 1.54. The van der Waals surface area contributed by atoms with E-state index in [0.717, 1.165) is 10.8 Å². The van der Waals surface area contributed by atoms with Crippen LogP contribution in [0, 0.1) is 5.92 Å². The second kappa shape index (κ2) is 7.05. The summed E-state index contributed by atoms with van der Waals surface area (Å²) in [4.78, 5) is 38.2. The van der Waals surface area contributed by atoms with Crippen molar-refractivity contribution in [3.05, 3.63) is 59.0 Å². The molecule has 1 fully saturated rings. The minimum absolute atomic E-state index is 0.00246. The van der Waals surface area contributed by atoms with Crippen LogP contribution in [-0.4, -0.2) is 50.6 Å². The van der Waals surface area contributed by atoms with Crippen molar-refractivity contribution in [3.8, 4) is 11.5 Å². The summed E-state index contributed by atoms with van der Waals surface area (Å²) in [6, 6.07) is 7.72. The molecule has 10 nitrogen and oxygen atoms in total. The van der Waals surface area contributed by atoms with E-state index >= 15 is 0 Å². The van der Waals surface area contributed by atoms with Gasteiger partial charge >= 0.3 is 0 Å². The van der Waals surface area contributed by atoms with Crippen molar-refractivity contribution < 1.29 is 44.1 Å². The number of phenolic OH excluding ortho intramolecular Hbond substituents is 1. The molecule has 1 amide bonds. The van der Waals surface area contributed by atoms with E-state index in [1.165, 1.54) is 13.2 Å². The number of amides is 1. The number of phenols is 1. The van der Waals surface area contributed by atoms with Gasteiger partial charge < -0.3 is 30.9 Å². The molecule has 1 aromatic heterocycles. The fraction of sp³-hybridized carbons (Fsp3) is 0.231. The standard InChI is InChI=1S/C26H20N2O8/c1-36-12-2-3-13-10(6-12)9-28-15-7-11-8-17(30)20(25(27)34)24(33)26(11,35)23(32)18(15)22(31)19-16(29)5-4-14(13)21(19)28/h2-6,9,11,15,35H,7-8H2,1H3,(H4,27,30,31,32,33,34)/p+1/t11-,15-,26-/m0/s1. The first kappa shape index (κ1) is 22.1. The Kier molecular flexibility index (Phi) is 4.32. The van der Waals surface area contributed by atoms with Gasteiger partial charge in [0.15, 0.2) is 23.6 Å². The molecular formula is C26H21N2O8+. The Labute approximate surface area is 203 Å². The number of fused-ring (bicyclic) bond motifs is 5. The van der Waals surface area contributed by atoms with E-state index in [0.29, 0.717) is 16.7 Å². The van der Waals surface area contributed by atoms with Crippen molar-refractivity contribution in [1.29, 1.82) is 0 Å². The molecule has 3 aromatic rings. The zero-order valence-electron chi connectivity index (χ0n) is 19.0. The minimum atomic E-state index is -2.63. The number of aromatic hydroxyl groups is 1. The summed E-state index contributed by atoms with van der Waals surface area (Å²) in [6.07, 6.45) is 1.34. The highest BCUT2D eigenvalue weighted by molar-refractivity contribution is 6.23. The van der Waals surface area contributed by atoms with Gasteiger partial charge in [-0.3, -0.25) is 14.4 Å². The third kappa shape index (κ3) is 2.53. The Morgan fingerprint density at radius 1 is 1.14 bits per heavy atom. The Morgan fingerprint density at radius 3 is 2.56 bits per heavy atom. The number of carbonyl (C=O) groups is 3. The predicted molar refractivity (Wildman–Crippen MR) is 125 cm³/mol. The molecule has 0 bridgehead atoms. The van der Waals surface area contributed by atoms with Crippen LogP contribution in [0.2, 0.25) is 0 Å². The van der Waals surface area contributed by atoms with Crippen LogP contribution in [0.5, 0.6) is 11.5 Å². The number of primary amides is 1. The number of pyridine rings is 1. The highest BCUT2D eigenvalue weighted by Crippen LogP contribution is 2.51. The maximum absolute atomic E-state index is 13.8. The minimum Gasteiger partial charge on any atom is -0.508 e. The molecule has 10 heteroatoms. The number of rotatable bonds is 2. The molecular weight excluding hydrogens is 468 g/mol. The molecule has 3 aliphatic rings. The Hall–Kier alpha value is -4.44. The van der Waals surface area contributed by atoms with Crippen LogP contribution in [-0.2, 0) is 14.4 Å². The molecule has 36 heavy (non-hydrogen) atoms. The molecule has 6 N–H and O–H groups in total. The van der Waals surface area contributed by atoms with Crippen molar-refractivity contribution in [2.24, 2.45) is 11.7 Å². The molecule has 182 valence electrons. The number of aliphatic hydroxyl groups is 3. The number of aromatic nitrogens is 1. The van der Waals surface area contributed by atoms with Gasteiger partial charge in [-0.05, 0) is 30.3 Å². The molecule has 1 aliphatic heterocycles. The lowest BCUT2D eigenvalue weighted by atomic mass is 9.62. The number of nitrogens with zero attached hydrogens (tertiary/aromatic N) is 1. The molecule has 0 saturated heterocycles. The summed E-state index contributed by atoms with van der Waals surface area (Å²) in [5.41, 5.74) is 2.00. The molecule has 2 heterocycles. The third-order valence-corrected chi connectivity index (χ3v) is 7.65. The summed E-state index contributed by atoms with van der Waals surface area (Å²) in [5, 5.41) is 46.4. The average molecular weight is 489 g/mol. The molecule has 3 atom stereocenters. The van der Waals surface area contributed by atoms with Gasteiger partial charge in [0.25, 0.3) is 5.91 Å². The van der Waals surface area contributed by atoms with Gasteiger partial charge in [-0.15, -0.1) is 0 Å².